The number of imide groups is 2. The van der Waals surface area contributed by atoms with Crippen molar-refractivity contribution in [1.29, 1.82) is 0 Å². The molecule has 0 aliphatic carbocycles. The van der Waals surface area contributed by atoms with Crippen LogP contribution in [0.3, 0.4) is 0 Å². The highest BCUT2D eigenvalue weighted by atomic mass is 35.5. The number of anilines is 1. The summed E-state index contributed by atoms with van der Waals surface area (Å²) in [6.45, 7) is 0. The third kappa shape index (κ3) is 3.94. The summed E-state index contributed by atoms with van der Waals surface area (Å²) in [6, 6.07) is 10.1. The number of ether oxygens (including phenoxy) is 1. The first kappa shape index (κ1) is 18.9. The number of carbonyl (C=O) groups excluding carboxylic acids is 3. The molecule has 0 spiro atoms. The van der Waals surface area contributed by atoms with Crippen molar-refractivity contribution in [2.45, 2.75) is 0 Å². The predicted molar refractivity (Wildman–Crippen MR) is 102 cm³/mol. The molecule has 0 unspecified atom stereocenters. The third-order valence-electron chi connectivity index (χ3n) is 3.79. The molecule has 3 rings (SSSR count). The largest absolute Gasteiger partial charge is 0.497 e. The van der Waals surface area contributed by atoms with Crippen LogP contribution in [0.25, 0.3) is 0 Å². The molecule has 1 atom stereocenters. The number of aliphatic imine (C=N–C) groups is 1. The summed E-state index contributed by atoms with van der Waals surface area (Å²) < 4.78 is 5.10. The first-order chi connectivity index (χ1) is 12.9. The lowest BCUT2D eigenvalue weighted by Crippen LogP contribution is -2.58. The molecule has 1 heterocycles. The first-order valence-corrected chi connectivity index (χ1v) is 8.48. The predicted octanol–water partition coefficient (Wildman–Crippen LogP) is 3.60. The van der Waals surface area contributed by atoms with Gasteiger partial charge in [-0.25, -0.2) is 9.69 Å². The number of hydrogen-bond donors (Lipinski definition) is 1. The molecular formula is C18H13Cl2N3O4. The fourth-order valence-corrected chi connectivity index (χ4v) is 2.91. The Kier molecular flexibility index (Phi) is 5.43. The van der Waals surface area contributed by atoms with Crippen molar-refractivity contribution in [1.82, 2.24) is 5.32 Å². The number of barbiturate groups is 1. The Morgan fingerprint density at radius 2 is 1.93 bits per heavy atom. The lowest BCUT2D eigenvalue weighted by atomic mass is 10.1. The van der Waals surface area contributed by atoms with Gasteiger partial charge in [0.1, 0.15) is 5.75 Å². The van der Waals surface area contributed by atoms with Crippen LogP contribution < -0.4 is 15.0 Å². The molecule has 1 saturated heterocycles. The number of hydrogen-bond acceptors (Lipinski definition) is 5. The standard InChI is InChI=1S/C18H13Cl2N3O4/c1-27-12-4-2-3-11(8-12)23-17(25)13(16(24)22-18(23)26)9-21-15-6-5-10(19)7-14(15)20/h2-9,13H,1H3,(H,22,24,26)/t13-/m1/s1. The highest BCUT2D eigenvalue weighted by Crippen LogP contribution is 2.28. The normalized spacial score (nSPS) is 17.4. The lowest BCUT2D eigenvalue weighted by Gasteiger charge is -2.28. The molecule has 27 heavy (non-hydrogen) atoms. The minimum absolute atomic E-state index is 0.267. The number of carbonyl (C=O) groups is 3. The van der Waals surface area contributed by atoms with E-state index in [1.165, 1.54) is 19.2 Å². The van der Waals surface area contributed by atoms with Crippen LogP contribution in [0.2, 0.25) is 10.0 Å². The summed E-state index contributed by atoms with van der Waals surface area (Å²) in [5, 5.41) is 2.84. The number of halogens is 2. The molecule has 0 bridgehead atoms. The van der Waals surface area contributed by atoms with Crippen LogP contribution >= 0.6 is 23.2 Å². The fraction of sp³-hybridized carbons (Fsp3) is 0.111. The average Bonchev–Trinajstić information content (AvgIpc) is 2.63. The molecule has 9 heteroatoms. The molecule has 138 valence electrons. The van der Waals surface area contributed by atoms with Gasteiger partial charge in [-0.2, -0.15) is 0 Å². The maximum Gasteiger partial charge on any atom is 0.335 e. The molecule has 2 aromatic rings. The molecule has 0 radical (unpaired) electrons. The molecule has 1 fully saturated rings. The minimum atomic E-state index is -1.29. The Morgan fingerprint density at radius 1 is 1.15 bits per heavy atom. The fourth-order valence-electron chi connectivity index (χ4n) is 2.46. The van der Waals surface area contributed by atoms with E-state index in [4.69, 9.17) is 27.9 Å². The second kappa shape index (κ2) is 7.77. The van der Waals surface area contributed by atoms with E-state index in [2.05, 4.69) is 10.3 Å². The van der Waals surface area contributed by atoms with Crippen LogP contribution in [-0.2, 0) is 9.59 Å². The topological polar surface area (TPSA) is 88.1 Å². The van der Waals surface area contributed by atoms with Gasteiger partial charge in [0.2, 0.25) is 5.91 Å². The summed E-state index contributed by atoms with van der Waals surface area (Å²) in [6.07, 6.45) is 1.15. The van der Waals surface area contributed by atoms with E-state index >= 15 is 0 Å². The van der Waals surface area contributed by atoms with Gasteiger partial charge < -0.3 is 4.74 Å². The van der Waals surface area contributed by atoms with E-state index < -0.39 is 23.8 Å². The van der Waals surface area contributed by atoms with Crippen molar-refractivity contribution < 1.29 is 19.1 Å². The SMILES string of the molecule is COc1cccc(N2C(=O)NC(=O)[C@@H](C=Nc3ccc(Cl)cc3Cl)C2=O)c1. The number of rotatable bonds is 4. The number of benzene rings is 2. The summed E-state index contributed by atoms with van der Waals surface area (Å²) in [4.78, 5) is 42.0. The first-order valence-electron chi connectivity index (χ1n) is 7.73. The maximum atomic E-state index is 12.8. The Hall–Kier alpha value is -2.90. The zero-order chi connectivity index (χ0) is 19.6. The molecule has 0 aromatic heterocycles. The number of nitrogens with zero attached hydrogens (tertiary/aromatic N) is 2. The van der Waals surface area contributed by atoms with Crippen LogP contribution in [0.5, 0.6) is 5.75 Å². The van der Waals surface area contributed by atoms with Crippen molar-refractivity contribution in [3.8, 4) is 5.75 Å². The summed E-state index contributed by atoms with van der Waals surface area (Å²) >= 11 is 11.9. The van der Waals surface area contributed by atoms with Crippen molar-refractivity contribution in [3.63, 3.8) is 0 Å². The van der Waals surface area contributed by atoms with E-state index in [1.54, 1.807) is 30.3 Å². The number of urea groups is 1. The van der Waals surface area contributed by atoms with Crippen LogP contribution in [0.15, 0.2) is 47.5 Å². The van der Waals surface area contributed by atoms with Crippen molar-refractivity contribution >= 4 is 58.6 Å². The van der Waals surface area contributed by atoms with Gasteiger partial charge in [-0.15, -0.1) is 0 Å². The van der Waals surface area contributed by atoms with E-state index in [9.17, 15) is 14.4 Å². The van der Waals surface area contributed by atoms with Crippen LogP contribution in [0.4, 0.5) is 16.2 Å². The van der Waals surface area contributed by atoms with Gasteiger partial charge in [0.25, 0.3) is 5.91 Å². The van der Waals surface area contributed by atoms with Crippen LogP contribution in [0, 0.1) is 5.92 Å². The zero-order valence-corrected chi connectivity index (χ0v) is 15.5. The van der Waals surface area contributed by atoms with Gasteiger partial charge in [-0.1, -0.05) is 29.3 Å². The Bertz CT molecular complexity index is 961. The van der Waals surface area contributed by atoms with Gasteiger partial charge in [-0.05, 0) is 30.3 Å². The molecule has 0 saturated carbocycles. The van der Waals surface area contributed by atoms with E-state index in [1.807, 2.05) is 0 Å². The highest BCUT2D eigenvalue weighted by Gasteiger charge is 2.40. The van der Waals surface area contributed by atoms with Crippen LogP contribution in [0.1, 0.15) is 0 Å². The average molecular weight is 406 g/mol. The molecule has 2 aromatic carbocycles. The van der Waals surface area contributed by atoms with Crippen LogP contribution in [-0.4, -0.2) is 31.2 Å². The molecule has 1 N–H and O–H groups in total. The Morgan fingerprint density at radius 3 is 2.63 bits per heavy atom. The molecule has 1 aliphatic heterocycles. The maximum absolute atomic E-state index is 12.8. The highest BCUT2D eigenvalue weighted by molar-refractivity contribution is 6.36. The van der Waals surface area contributed by atoms with Crippen molar-refractivity contribution in [2.24, 2.45) is 10.9 Å². The second-order valence-electron chi connectivity index (χ2n) is 5.52. The molecule has 4 amide bonds. The molecule has 1 aliphatic rings. The van der Waals surface area contributed by atoms with Gasteiger partial charge in [0.15, 0.2) is 5.92 Å². The number of methoxy groups -OCH3 is 1. The molecule has 7 nitrogen and oxygen atoms in total. The third-order valence-corrected chi connectivity index (χ3v) is 4.32. The van der Waals surface area contributed by atoms with E-state index in [-0.39, 0.29) is 10.7 Å². The second-order valence-corrected chi connectivity index (χ2v) is 6.36. The summed E-state index contributed by atoms with van der Waals surface area (Å²) in [5.74, 6) is -2.33. The monoisotopic (exact) mass is 405 g/mol. The van der Waals surface area contributed by atoms with E-state index in [0.29, 0.717) is 16.5 Å². The number of amides is 4. The summed E-state index contributed by atoms with van der Waals surface area (Å²) in [7, 11) is 1.46. The smallest absolute Gasteiger partial charge is 0.335 e. The van der Waals surface area contributed by atoms with Gasteiger partial charge in [0, 0.05) is 17.3 Å². The summed E-state index contributed by atoms with van der Waals surface area (Å²) in [5.41, 5.74) is 0.610. The van der Waals surface area contributed by atoms with Crippen molar-refractivity contribution in [2.75, 3.05) is 12.0 Å². The minimum Gasteiger partial charge on any atom is -0.497 e. The van der Waals surface area contributed by atoms with Crippen molar-refractivity contribution in [3.05, 3.63) is 52.5 Å². The number of nitrogens with one attached hydrogen (secondary N) is 1. The quantitative estimate of drug-likeness (QED) is 0.621. The van der Waals surface area contributed by atoms with Gasteiger partial charge in [0.05, 0.1) is 23.5 Å². The lowest BCUT2D eigenvalue weighted by molar-refractivity contribution is -0.131. The molecular weight excluding hydrogens is 393 g/mol. The Labute approximate surface area is 164 Å². The van der Waals surface area contributed by atoms with E-state index in [0.717, 1.165) is 11.1 Å². The van der Waals surface area contributed by atoms with Gasteiger partial charge >= 0.3 is 6.03 Å². The van der Waals surface area contributed by atoms with Gasteiger partial charge in [-0.3, -0.25) is 19.9 Å². The Balaban J connectivity index is 1.91. The zero-order valence-electron chi connectivity index (χ0n) is 14.0.